The highest BCUT2D eigenvalue weighted by Crippen LogP contribution is 2.38. The van der Waals surface area contributed by atoms with Crippen LogP contribution in [-0.4, -0.2) is 18.1 Å². The zero-order chi connectivity index (χ0) is 10.3. The van der Waals surface area contributed by atoms with Crippen molar-refractivity contribution in [2.24, 2.45) is 11.8 Å². The number of hydrogen-bond acceptors (Lipinski definition) is 2. The first-order valence-electron chi connectivity index (χ1n) is 5.35. The van der Waals surface area contributed by atoms with Crippen molar-refractivity contribution in [3.8, 4) is 0 Å². The minimum atomic E-state index is 0.749. The van der Waals surface area contributed by atoms with Crippen LogP contribution in [0.4, 0.5) is 0 Å². The molecule has 2 nitrogen and oxygen atoms in total. The average molecular weight is 265 g/mol. The van der Waals surface area contributed by atoms with Gasteiger partial charge in [-0.15, -0.1) is 0 Å². The molecule has 2 aliphatic rings. The van der Waals surface area contributed by atoms with Gasteiger partial charge in [0.25, 0.3) is 0 Å². The van der Waals surface area contributed by atoms with E-state index >= 15 is 0 Å². The fourth-order valence-corrected chi connectivity index (χ4v) is 2.95. The zero-order valence-corrected chi connectivity index (χ0v) is 10.00. The molecule has 0 radical (unpaired) electrons. The molecule has 1 fully saturated rings. The number of pyridine rings is 1. The summed E-state index contributed by atoms with van der Waals surface area (Å²) in [6.07, 6.45) is 7.43. The fourth-order valence-electron chi connectivity index (χ4n) is 2.58. The molecule has 0 aromatic carbocycles. The number of nitrogens with zero attached hydrogens (tertiary/aromatic N) is 1. The Hall–Kier alpha value is -0.670. The largest absolute Gasteiger partial charge is 0.316 e. The molecule has 1 aromatic rings. The van der Waals surface area contributed by atoms with E-state index in [0.717, 1.165) is 22.9 Å². The van der Waals surface area contributed by atoms with Crippen LogP contribution in [0.15, 0.2) is 29.0 Å². The van der Waals surface area contributed by atoms with E-state index in [1.165, 1.54) is 24.1 Å². The lowest BCUT2D eigenvalue weighted by Crippen LogP contribution is -2.09. The molecular weight excluding hydrogens is 252 g/mol. The lowest BCUT2D eigenvalue weighted by Gasteiger charge is -2.06. The van der Waals surface area contributed by atoms with Crippen molar-refractivity contribution < 1.29 is 0 Å². The van der Waals surface area contributed by atoms with E-state index in [2.05, 4.69) is 38.4 Å². The van der Waals surface area contributed by atoms with E-state index < -0.39 is 0 Å². The van der Waals surface area contributed by atoms with Gasteiger partial charge in [-0.3, -0.25) is 4.98 Å². The van der Waals surface area contributed by atoms with Crippen LogP contribution >= 0.6 is 15.9 Å². The van der Waals surface area contributed by atoms with Gasteiger partial charge in [0.15, 0.2) is 0 Å². The highest BCUT2D eigenvalue weighted by atomic mass is 79.9. The van der Waals surface area contributed by atoms with Crippen LogP contribution in [0.3, 0.4) is 0 Å². The highest BCUT2D eigenvalue weighted by molar-refractivity contribution is 9.10. The van der Waals surface area contributed by atoms with E-state index in [0.29, 0.717) is 0 Å². The van der Waals surface area contributed by atoms with E-state index in [1.807, 2.05) is 12.4 Å². The molecule has 1 aliphatic heterocycles. The molecule has 78 valence electrons. The normalized spacial score (nSPS) is 29.0. The average Bonchev–Trinajstić information content (AvgIpc) is 2.76. The van der Waals surface area contributed by atoms with Gasteiger partial charge < -0.3 is 5.32 Å². The minimum Gasteiger partial charge on any atom is -0.316 e. The van der Waals surface area contributed by atoms with Crippen LogP contribution in [0, 0.1) is 11.8 Å². The molecule has 0 saturated carbocycles. The standard InChI is InChI=1S/C12H13BrN2/c13-12-3-11(6-15-7-12)8-1-9-4-14-5-10(9)2-8/h1,3,6-7,9-10,14H,2,4-5H2. The predicted octanol–water partition coefficient (Wildman–Crippen LogP) is 2.47. The third-order valence-corrected chi connectivity index (χ3v) is 3.80. The molecule has 2 atom stereocenters. The number of fused-ring (bicyclic) bond motifs is 1. The fraction of sp³-hybridized carbons (Fsp3) is 0.417. The second kappa shape index (κ2) is 3.72. The first kappa shape index (κ1) is 9.55. The molecule has 1 aliphatic carbocycles. The molecule has 15 heavy (non-hydrogen) atoms. The molecule has 1 N–H and O–H groups in total. The second-order valence-electron chi connectivity index (χ2n) is 4.37. The van der Waals surface area contributed by atoms with Crippen LogP contribution in [0.25, 0.3) is 5.57 Å². The van der Waals surface area contributed by atoms with Crippen LogP contribution in [0.2, 0.25) is 0 Å². The zero-order valence-electron chi connectivity index (χ0n) is 8.41. The lowest BCUT2D eigenvalue weighted by atomic mass is 9.99. The van der Waals surface area contributed by atoms with Crippen molar-refractivity contribution in [2.45, 2.75) is 6.42 Å². The van der Waals surface area contributed by atoms with Crippen molar-refractivity contribution in [1.82, 2.24) is 10.3 Å². The van der Waals surface area contributed by atoms with Crippen molar-refractivity contribution >= 4 is 21.5 Å². The summed E-state index contributed by atoms with van der Waals surface area (Å²) in [6.45, 7) is 2.32. The predicted molar refractivity (Wildman–Crippen MR) is 64.4 cm³/mol. The third kappa shape index (κ3) is 1.74. The van der Waals surface area contributed by atoms with Crippen molar-refractivity contribution in [2.75, 3.05) is 13.1 Å². The van der Waals surface area contributed by atoms with Crippen LogP contribution in [-0.2, 0) is 0 Å². The first-order chi connectivity index (χ1) is 7.33. The Labute approximate surface area is 97.9 Å². The topological polar surface area (TPSA) is 24.9 Å². The third-order valence-electron chi connectivity index (χ3n) is 3.37. The molecule has 2 unspecified atom stereocenters. The van der Waals surface area contributed by atoms with Gasteiger partial charge in [-0.2, -0.15) is 0 Å². The molecule has 2 heterocycles. The Morgan fingerprint density at radius 2 is 2.27 bits per heavy atom. The monoisotopic (exact) mass is 264 g/mol. The van der Waals surface area contributed by atoms with Gasteiger partial charge in [-0.25, -0.2) is 0 Å². The number of hydrogen-bond donors (Lipinski definition) is 1. The molecule has 3 rings (SSSR count). The van der Waals surface area contributed by atoms with E-state index in [4.69, 9.17) is 0 Å². The lowest BCUT2D eigenvalue weighted by molar-refractivity contribution is 0.536. The number of rotatable bonds is 1. The van der Waals surface area contributed by atoms with Gasteiger partial charge in [0.05, 0.1) is 0 Å². The van der Waals surface area contributed by atoms with Crippen molar-refractivity contribution in [3.05, 3.63) is 34.6 Å². The quantitative estimate of drug-likeness (QED) is 0.843. The summed E-state index contributed by atoms with van der Waals surface area (Å²) < 4.78 is 1.07. The van der Waals surface area contributed by atoms with E-state index in [1.54, 1.807) is 0 Å². The van der Waals surface area contributed by atoms with Gasteiger partial charge in [-0.1, -0.05) is 6.08 Å². The van der Waals surface area contributed by atoms with Gasteiger partial charge in [-0.05, 0) is 57.9 Å². The molecule has 3 heteroatoms. The maximum absolute atomic E-state index is 4.22. The van der Waals surface area contributed by atoms with Crippen LogP contribution in [0.5, 0.6) is 0 Å². The maximum Gasteiger partial charge on any atom is 0.0410 e. The molecule has 0 amide bonds. The Morgan fingerprint density at radius 1 is 1.33 bits per heavy atom. The molecule has 1 saturated heterocycles. The molecular formula is C12H13BrN2. The second-order valence-corrected chi connectivity index (χ2v) is 5.29. The Bertz CT molecular complexity index is 414. The number of allylic oxidation sites excluding steroid dienone is 1. The van der Waals surface area contributed by atoms with Crippen LogP contribution < -0.4 is 5.32 Å². The summed E-state index contributed by atoms with van der Waals surface area (Å²) in [6, 6.07) is 2.16. The van der Waals surface area contributed by atoms with Gasteiger partial charge in [0, 0.05) is 23.4 Å². The van der Waals surface area contributed by atoms with Crippen molar-refractivity contribution in [3.63, 3.8) is 0 Å². The Morgan fingerprint density at radius 3 is 3.07 bits per heavy atom. The summed E-state index contributed by atoms with van der Waals surface area (Å²) in [7, 11) is 0. The summed E-state index contributed by atoms with van der Waals surface area (Å²) >= 11 is 3.47. The number of nitrogens with one attached hydrogen (secondary N) is 1. The highest BCUT2D eigenvalue weighted by Gasteiger charge is 2.31. The van der Waals surface area contributed by atoms with E-state index in [9.17, 15) is 0 Å². The van der Waals surface area contributed by atoms with Gasteiger partial charge >= 0.3 is 0 Å². The molecule has 1 aromatic heterocycles. The van der Waals surface area contributed by atoms with Gasteiger partial charge in [0.1, 0.15) is 0 Å². The summed E-state index contributed by atoms with van der Waals surface area (Å²) in [5, 5.41) is 3.44. The van der Waals surface area contributed by atoms with Crippen molar-refractivity contribution in [1.29, 1.82) is 0 Å². The molecule has 0 bridgehead atoms. The Balaban J connectivity index is 1.90. The van der Waals surface area contributed by atoms with E-state index in [-0.39, 0.29) is 0 Å². The summed E-state index contributed by atoms with van der Waals surface area (Å²) in [5.74, 6) is 1.57. The van der Waals surface area contributed by atoms with Crippen LogP contribution in [0.1, 0.15) is 12.0 Å². The summed E-state index contributed by atoms with van der Waals surface area (Å²) in [5.41, 5.74) is 2.75. The Kier molecular flexibility index (Phi) is 2.37. The molecule has 0 spiro atoms. The summed E-state index contributed by atoms with van der Waals surface area (Å²) in [4.78, 5) is 4.22. The maximum atomic E-state index is 4.22. The first-order valence-corrected chi connectivity index (χ1v) is 6.14. The number of aromatic nitrogens is 1. The smallest absolute Gasteiger partial charge is 0.0410 e. The SMILES string of the molecule is Brc1cncc(C2=CC3CNCC3C2)c1. The van der Waals surface area contributed by atoms with Gasteiger partial charge in [0.2, 0.25) is 0 Å². The minimum absolute atomic E-state index is 0.749. The number of halogens is 1.